The lowest BCUT2D eigenvalue weighted by molar-refractivity contribution is 0.0226. The number of aliphatic hydroxyl groups excluding tert-OH is 1. The molecule has 0 unspecified atom stereocenters. The molecule has 130 valence electrons. The van der Waals surface area contributed by atoms with Gasteiger partial charge in [0.15, 0.2) is 0 Å². The number of rotatable bonds is 7. The maximum Gasteiger partial charge on any atom is 0.410 e. The summed E-state index contributed by atoms with van der Waals surface area (Å²) in [6.07, 6.45) is 2.16. The summed E-state index contributed by atoms with van der Waals surface area (Å²) in [6.45, 7) is 7.38. The van der Waals surface area contributed by atoms with Crippen molar-refractivity contribution in [2.75, 3.05) is 27.2 Å². The van der Waals surface area contributed by atoms with E-state index in [1.54, 1.807) is 17.2 Å². The molecule has 1 aromatic heterocycles. The summed E-state index contributed by atoms with van der Waals surface area (Å²) in [4.78, 5) is 20.4. The molecule has 1 rings (SSSR count). The van der Waals surface area contributed by atoms with E-state index < -0.39 is 5.60 Å². The minimum atomic E-state index is -0.530. The molecular weight excluding hydrogens is 294 g/mol. The van der Waals surface area contributed by atoms with Crippen LogP contribution in [0.3, 0.4) is 0 Å². The van der Waals surface area contributed by atoms with E-state index in [0.29, 0.717) is 13.1 Å². The number of nitrogens with zero attached hydrogens (tertiary/aromatic N) is 3. The van der Waals surface area contributed by atoms with Crippen LogP contribution in [0.2, 0.25) is 0 Å². The molecule has 0 aliphatic heterocycles. The highest BCUT2D eigenvalue weighted by atomic mass is 16.6. The fraction of sp³-hybridized carbons (Fsp3) is 0.647. The number of hydrogen-bond donors (Lipinski definition) is 1. The monoisotopic (exact) mass is 323 g/mol. The molecule has 6 heteroatoms. The topological polar surface area (TPSA) is 65.9 Å². The molecule has 0 radical (unpaired) electrons. The van der Waals surface area contributed by atoms with Crippen LogP contribution >= 0.6 is 0 Å². The molecule has 0 aliphatic rings. The number of amides is 1. The van der Waals surface area contributed by atoms with Crippen molar-refractivity contribution in [1.82, 2.24) is 14.8 Å². The van der Waals surface area contributed by atoms with E-state index in [0.717, 1.165) is 24.2 Å². The van der Waals surface area contributed by atoms with Crippen molar-refractivity contribution >= 4 is 6.09 Å². The highest BCUT2D eigenvalue weighted by Gasteiger charge is 2.22. The predicted octanol–water partition coefficient (Wildman–Crippen LogP) is 2.26. The molecule has 0 saturated heterocycles. The maximum absolute atomic E-state index is 12.4. The third-order valence-corrected chi connectivity index (χ3v) is 3.10. The number of aliphatic hydroxyl groups is 1. The van der Waals surface area contributed by atoms with Crippen molar-refractivity contribution in [3.05, 3.63) is 29.6 Å². The predicted molar refractivity (Wildman–Crippen MR) is 90.0 cm³/mol. The van der Waals surface area contributed by atoms with Crippen LogP contribution in [0.5, 0.6) is 0 Å². The zero-order valence-corrected chi connectivity index (χ0v) is 14.9. The summed E-state index contributed by atoms with van der Waals surface area (Å²) in [5.74, 6) is 0. The van der Waals surface area contributed by atoms with Crippen molar-refractivity contribution in [2.24, 2.45) is 0 Å². The van der Waals surface area contributed by atoms with Gasteiger partial charge in [0.2, 0.25) is 0 Å². The summed E-state index contributed by atoms with van der Waals surface area (Å²) in [6, 6.07) is 3.57. The summed E-state index contributed by atoms with van der Waals surface area (Å²) in [5, 5.41) is 9.22. The van der Waals surface area contributed by atoms with E-state index in [1.165, 1.54) is 0 Å². The minimum absolute atomic E-state index is 0.0391. The Balaban J connectivity index is 2.78. The average Bonchev–Trinajstić information content (AvgIpc) is 2.44. The van der Waals surface area contributed by atoms with Gasteiger partial charge in [-0.15, -0.1) is 0 Å². The zero-order chi connectivity index (χ0) is 17.5. The fourth-order valence-corrected chi connectivity index (χ4v) is 2.05. The van der Waals surface area contributed by atoms with Crippen molar-refractivity contribution in [2.45, 2.75) is 45.9 Å². The smallest absolute Gasteiger partial charge is 0.410 e. The van der Waals surface area contributed by atoms with Crippen LogP contribution in [0.25, 0.3) is 0 Å². The van der Waals surface area contributed by atoms with Gasteiger partial charge in [-0.05, 0) is 65.5 Å². The Morgan fingerprint density at radius 1 is 1.30 bits per heavy atom. The van der Waals surface area contributed by atoms with E-state index in [4.69, 9.17) is 4.74 Å². The van der Waals surface area contributed by atoms with Crippen LogP contribution in [0, 0.1) is 0 Å². The summed E-state index contributed by atoms with van der Waals surface area (Å²) in [5.41, 5.74) is 0.997. The molecule has 23 heavy (non-hydrogen) atoms. The van der Waals surface area contributed by atoms with Crippen molar-refractivity contribution in [1.29, 1.82) is 0 Å². The van der Waals surface area contributed by atoms with Crippen LogP contribution in [0.15, 0.2) is 18.3 Å². The minimum Gasteiger partial charge on any atom is -0.444 e. The normalized spacial score (nSPS) is 11.6. The molecule has 1 amide bonds. The molecule has 0 aromatic carbocycles. The van der Waals surface area contributed by atoms with Crippen molar-refractivity contribution in [3.63, 3.8) is 0 Å². The number of carbonyl (C=O) groups is 1. The average molecular weight is 323 g/mol. The van der Waals surface area contributed by atoms with Crippen LogP contribution < -0.4 is 0 Å². The first kappa shape index (κ1) is 19.4. The second-order valence-electron chi connectivity index (χ2n) is 6.87. The van der Waals surface area contributed by atoms with Gasteiger partial charge < -0.3 is 19.6 Å². The molecule has 1 aromatic rings. The Bertz CT molecular complexity index is 498. The molecular formula is C17H29N3O3. The molecule has 1 heterocycles. The second kappa shape index (κ2) is 8.84. The maximum atomic E-state index is 12.4. The quantitative estimate of drug-likeness (QED) is 0.834. The molecule has 1 N–H and O–H groups in total. The van der Waals surface area contributed by atoms with E-state index >= 15 is 0 Å². The lowest BCUT2D eigenvalue weighted by Gasteiger charge is -2.27. The lowest BCUT2D eigenvalue weighted by atomic mass is 10.2. The van der Waals surface area contributed by atoms with E-state index in [2.05, 4.69) is 9.88 Å². The molecule has 0 spiro atoms. The van der Waals surface area contributed by atoms with Crippen molar-refractivity contribution in [3.8, 4) is 0 Å². The number of hydrogen-bond acceptors (Lipinski definition) is 5. The summed E-state index contributed by atoms with van der Waals surface area (Å²) >= 11 is 0. The molecule has 0 aliphatic carbocycles. The highest BCUT2D eigenvalue weighted by Crippen LogP contribution is 2.13. The van der Waals surface area contributed by atoms with Gasteiger partial charge in [-0.3, -0.25) is 4.98 Å². The third kappa shape index (κ3) is 7.95. The molecule has 0 saturated carbocycles. The highest BCUT2D eigenvalue weighted by molar-refractivity contribution is 5.68. The number of aromatic nitrogens is 1. The lowest BCUT2D eigenvalue weighted by Crippen LogP contribution is -2.38. The molecule has 0 atom stereocenters. The van der Waals surface area contributed by atoms with Gasteiger partial charge in [0.05, 0.1) is 18.8 Å². The second-order valence-corrected chi connectivity index (χ2v) is 6.87. The molecule has 0 bridgehead atoms. The van der Waals surface area contributed by atoms with Crippen LogP contribution in [0.4, 0.5) is 4.79 Å². The van der Waals surface area contributed by atoms with Crippen LogP contribution in [-0.4, -0.2) is 58.8 Å². The van der Waals surface area contributed by atoms with Crippen LogP contribution in [0.1, 0.15) is 38.4 Å². The van der Waals surface area contributed by atoms with Gasteiger partial charge in [0.25, 0.3) is 0 Å². The first-order valence-electron chi connectivity index (χ1n) is 7.88. The van der Waals surface area contributed by atoms with Crippen LogP contribution in [-0.2, 0) is 17.9 Å². The van der Waals surface area contributed by atoms with Gasteiger partial charge in [-0.2, -0.15) is 0 Å². The zero-order valence-electron chi connectivity index (χ0n) is 14.9. The number of ether oxygens (including phenoxy) is 1. The Hall–Kier alpha value is -1.66. The van der Waals surface area contributed by atoms with Gasteiger partial charge in [-0.25, -0.2) is 4.79 Å². The van der Waals surface area contributed by atoms with E-state index in [9.17, 15) is 9.90 Å². The number of carbonyl (C=O) groups excluding carboxylic acids is 1. The fourth-order valence-electron chi connectivity index (χ4n) is 2.05. The third-order valence-electron chi connectivity index (χ3n) is 3.10. The largest absolute Gasteiger partial charge is 0.444 e. The van der Waals surface area contributed by atoms with Gasteiger partial charge >= 0.3 is 6.09 Å². The number of pyridine rings is 1. The van der Waals surface area contributed by atoms with Gasteiger partial charge in [0.1, 0.15) is 5.60 Å². The first-order valence-corrected chi connectivity index (χ1v) is 7.88. The Morgan fingerprint density at radius 2 is 2.00 bits per heavy atom. The standard InChI is InChI=1S/C17H29N3O3/c1-17(2,3)23-16(22)20(10-6-9-19(4)5)12-15-11-14(13-21)7-8-18-15/h7-8,11,21H,6,9-10,12-13H2,1-5H3. The van der Waals surface area contributed by atoms with E-state index in [-0.39, 0.29) is 12.7 Å². The summed E-state index contributed by atoms with van der Waals surface area (Å²) in [7, 11) is 4.01. The first-order chi connectivity index (χ1) is 10.7. The van der Waals surface area contributed by atoms with Gasteiger partial charge in [0, 0.05) is 12.7 Å². The molecule has 6 nitrogen and oxygen atoms in total. The molecule has 0 fully saturated rings. The SMILES string of the molecule is CN(C)CCCN(Cc1cc(CO)ccn1)C(=O)OC(C)(C)C. The Labute approximate surface area is 139 Å². The van der Waals surface area contributed by atoms with E-state index in [1.807, 2.05) is 40.9 Å². The Kier molecular flexibility index (Phi) is 7.45. The summed E-state index contributed by atoms with van der Waals surface area (Å²) < 4.78 is 5.48. The van der Waals surface area contributed by atoms with Crippen molar-refractivity contribution < 1.29 is 14.6 Å². The Morgan fingerprint density at radius 3 is 2.57 bits per heavy atom. The van der Waals surface area contributed by atoms with Gasteiger partial charge in [-0.1, -0.05) is 0 Å².